The molecule has 0 fully saturated rings. The van der Waals surface area contributed by atoms with Crippen LogP contribution in [0.25, 0.3) is 0 Å². The summed E-state index contributed by atoms with van der Waals surface area (Å²) in [5.74, 6) is -1.06. The first kappa shape index (κ1) is 19.7. The largest absolute Gasteiger partial charge is 0.892 e. The van der Waals surface area contributed by atoms with E-state index in [-0.39, 0.29) is 5.91 Å². The van der Waals surface area contributed by atoms with Crippen LogP contribution in [0.4, 0.5) is 0 Å². The Kier molecular flexibility index (Phi) is 12.6. The van der Waals surface area contributed by atoms with E-state index in [1.807, 2.05) is 6.92 Å². The quantitative estimate of drug-likeness (QED) is 0.487. The van der Waals surface area contributed by atoms with Crippen LogP contribution in [0.15, 0.2) is 0 Å². The van der Waals surface area contributed by atoms with Crippen LogP contribution in [0.3, 0.4) is 0 Å². The van der Waals surface area contributed by atoms with E-state index in [4.69, 9.17) is 10.2 Å². The Balaban J connectivity index is 0. The van der Waals surface area contributed by atoms with E-state index < -0.39 is 25.3 Å². The zero-order chi connectivity index (χ0) is 14.7. The molecule has 0 rings (SSSR count). The average molecular weight is 261 g/mol. The van der Waals surface area contributed by atoms with E-state index in [1.54, 1.807) is 13.8 Å². The maximum atomic E-state index is 10.5. The summed E-state index contributed by atoms with van der Waals surface area (Å²) in [6.45, 7) is 6.37. The standard InChI is InChI=1S/C7H14BNO3.C4H10O2/c1-3-4-5-7(8(11)12)9-6(2)10;1-3(5)4(2)6/h7H,3-5H2,1-2H3,(H,9,10);3-6H,1-2H3/q-2;/t;3-,4-/m.1/s1. The molecule has 0 heterocycles. The van der Waals surface area contributed by atoms with Crippen LogP contribution in [0, 0.1) is 0 Å². The summed E-state index contributed by atoms with van der Waals surface area (Å²) in [6.07, 6.45) is 1.01. The van der Waals surface area contributed by atoms with Gasteiger partial charge in [0.05, 0.1) is 12.2 Å². The van der Waals surface area contributed by atoms with Crippen LogP contribution >= 0.6 is 0 Å². The Hall–Kier alpha value is -0.625. The number of rotatable bonds is 6. The van der Waals surface area contributed by atoms with Gasteiger partial charge in [0.1, 0.15) is 0 Å². The van der Waals surface area contributed by atoms with Gasteiger partial charge in [-0.05, 0) is 26.2 Å². The molecule has 0 aliphatic heterocycles. The molecule has 0 saturated carbocycles. The van der Waals surface area contributed by atoms with Crippen molar-refractivity contribution in [3.63, 3.8) is 0 Å². The van der Waals surface area contributed by atoms with Gasteiger partial charge in [-0.1, -0.05) is 26.9 Å². The van der Waals surface area contributed by atoms with E-state index in [0.29, 0.717) is 6.42 Å². The molecule has 0 saturated heterocycles. The minimum atomic E-state index is -1.96. The Morgan fingerprint density at radius 2 is 1.72 bits per heavy atom. The summed E-state index contributed by atoms with van der Waals surface area (Å²) in [7, 11) is -1.96. The average Bonchev–Trinajstić information content (AvgIpc) is 2.24. The van der Waals surface area contributed by atoms with Crippen molar-refractivity contribution in [2.45, 2.75) is 65.1 Å². The number of unbranched alkanes of at least 4 members (excludes halogenated alkanes) is 1. The van der Waals surface area contributed by atoms with Gasteiger partial charge < -0.3 is 25.6 Å². The molecule has 0 aliphatic rings. The van der Waals surface area contributed by atoms with Crippen molar-refractivity contribution in [1.82, 2.24) is 5.32 Å². The molecule has 7 heteroatoms. The highest BCUT2D eigenvalue weighted by molar-refractivity contribution is 6.39. The number of amides is 1. The summed E-state index contributed by atoms with van der Waals surface area (Å²) >= 11 is 0. The monoisotopic (exact) mass is 261 g/mol. The number of aliphatic hydroxyl groups excluding tert-OH is 2. The van der Waals surface area contributed by atoms with E-state index in [1.165, 1.54) is 6.92 Å². The molecule has 108 valence electrons. The second-order valence-electron chi connectivity index (χ2n) is 4.30. The fourth-order valence-electron chi connectivity index (χ4n) is 0.961. The molecule has 0 spiro atoms. The van der Waals surface area contributed by atoms with Crippen molar-refractivity contribution in [2.24, 2.45) is 0 Å². The number of carbonyl (C=O) groups is 1. The molecule has 6 nitrogen and oxygen atoms in total. The fourth-order valence-corrected chi connectivity index (χ4v) is 0.961. The third kappa shape index (κ3) is 13.4. The van der Waals surface area contributed by atoms with Gasteiger partial charge in [0.2, 0.25) is 5.91 Å². The first-order valence-electron chi connectivity index (χ1n) is 6.17. The maximum absolute atomic E-state index is 10.5. The molecular formula is C11H24BNO5-2. The Labute approximate surface area is 109 Å². The molecule has 0 aliphatic carbocycles. The molecule has 1 amide bonds. The van der Waals surface area contributed by atoms with Gasteiger partial charge in [-0.15, -0.1) is 0 Å². The van der Waals surface area contributed by atoms with Gasteiger partial charge in [0, 0.05) is 6.92 Å². The molecule has 0 aromatic heterocycles. The van der Waals surface area contributed by atoms with Crippen LogP contribution in [0.1, 0.15) is 47.0 Å². The maximum Gasteiger partial charge on any atom is 0.216 e. The predicted octanol–water partition coefficient (Wildman–Crippen LogP) is -1.82. The van der Waals surface area contributed by atoms with Crippen molar-refractivity contribution in [3.05, 3.63) is 0 Å². The first-order valence-corrected chi connectivity index (χ1v) is 6.17. The lowest BCUT2D eigenvalue weighted by Gasteiger charge is -2.36. The van der Waals surface area contributed by atoms with E-state index in [9.17, 15) is 14.8 Å². The molecule has 0 bridgehead atoms. The zero-order valence-electron chi connectivity index (χ0n) is 11.5. The minimum Gasteiger partial charge on any atom is -0.892 e. The third-order valence-corrected chi connectivity index (χ3v) is 2.28. The number of hydrogen-bond acceptors (Lipinski definition) is 5. The van der Waals surface area contributed by atoms with Crippen LogP contribution in [0.5, 0.6) is 0 Å². The van der Waals surface area contributed by atoms with Crippen LogP contribution in [0.2, 0.25) is 0 Å². The topological polar surface area (TPSA) is 116 Å². The SMILES string of the molecule is CCCCC(NC(C)=O)B([O-])[O-].C[C@@H](O)[C@@H](C)O. The van der Waals surface area contributed by atoms with Crippen molar-refractivity contribution >= 4 is 13.0 Å². The lowest BCUT2D eigenvalue weighted by atomic mass is 9.76. The van der Waals surface area contributed by atoms with Gasteiger partial charge in [0.25, 0.3) is 0 Å². The fraction of sp³-hybridized carbons (Fsp3) is 0.909. The second-order valence-corrected chi connectivity index (χ2v) is 4.30. The van der Waals surface area contributed by atoms with Crippen molar-refractivity contribution in [1.29, 1.82) is 0 Å². The molecule has 3 N–H and O–H groups in total. The lowest BCUT2D eigenvalue weighted by Crippen LogP contribution is -2.61. The molecule has 18 heavy (non-hydrogen) atoms. The van der Waals surface area contributed by atoms with Gasteiger partial charge in [-0.3, -0.25) is 4.79 Å². The molecule has 3 atom stereocenters. The summed E-state index contributed by atoms with van der Waals surface area (Å²) in [6, 6.07) is 0. The molecule has 0 radical (unpaired) electrons. The summed E-state index contributed by atoms with van der Waals surface area (Å²) in [5, 5.41) is 40.1. The number of hydrogen-bond donors (Lipinski definition) is 3. The van der Waals surface area contributed by atoms with Crippen molar-refractivity contribution in [2.75, 3.05) is 0 Å². The van der Waals surface area contributed by atoms with Gasteiger partial charge in [-0.25, -0.2) is 0 Å². The first-order chi connectivity index (χ1) is 8.22. The van der Waals surface area contributed by atoms with E-state index in [2.05, 4.69) is 5.32 Å². The van der Waals surface area contributed by atoms with Crippen LogP contribution in [-0.4, -0.2) is 41.4 Å². The smallest absolute Gasteiger partial charge is 0.216 e. The van der Waals surface area contributed by atoms with Crippen molar-refractivity contribution in [3.8, 4) is 0 Å². The molecule has 1 unspecified atom stereocenters. The highest BCUT2D eigenvalue weighted by Crippen LogP contribution is 1.99. The van der Waals surface area contributed by atoms with Crippen LogP contribution in [-0.2, 0) is 4.79 Å². The Morgan fingerprint density at radius 1 is 1.28 bits per heavy atom. The van der Waals surface area contributed by atoms with Crippen LogP contribution < -0.4 is 15.4 Å². The number of aliphatic hydroxyl groups is 2. The van der Waals surface area contributed by atoms with E-state index >= 15 is 0 Å². The normalized spacial score (nSPS) is 14.9. The van der Waals surface area contributed by atoms with E-state index in [0.717, 1.165) is 12.8 Å². The summed E-state index contributed by atoms with van der Waals surface area (Å²) in [4.78, 5) is 10.5. The summed E-state index contributed by atoms with van der Waals surface area (Å²) < 4.78 is 0. The number of carbonyl (C=O) groups excluding carboxylic acids is 1. The highest BCUT2D eigenvalue weighted by atomic mass is 16.4. The molecular weight excluding hydrogens is 237 g/mol. The highest BCUT2D eigenvalue weighted by Gasteiger charge is 2.04. The van der Waals surface area contributed by atoms with Gasteiger partial charge in [-0.2, -0.15) is 0 Å². The Morgan fingerprint density at radius 3 is 1.94 bits per heavy atom. The minimum absolute atomic E-state index is 0.312. The molecule has 0 aromatic rings. The predicted molar refractivity (Wildman–Crippen MR) is 66.2 cm³/mol. The lowest BCUT2D eigenvalue weighted by molar-refractivity contribution is -0.352. The summed E-state index contributed by atoms with van der Waals surface area (Å²) in [5.41, 5.74) is 0. The Bertz CT molecular complexity index is 206. The second kappa shape index (κ2) is 11.5. The molecule has 0 aromatic carbocycles. The number of nitrogens with one attached hydrogen (secondary N) is 1. The third-order valence-electron chi connectivity index (χ3n) is 2.28. The van der Waals surface area contributed by atoms with Crippen molar-refractivity contribution < 1.29 is 25.1 Å². The van der Waals surface area contributed by atoms with Gasteiger partial charge >= 0.3 is 0 Å². The van der Waals surface area contributed by atoms with Gasteiger partial charge in [0.15, 0.2) is 0 Å². The zero-order valence-corrected chi connectivity index (χ0v) is 11.5.